The van der Waals surface area contributed by atoms with Gasteiger partial charge in [-0.15, -0.1) is 11.8 Å². The van der Waals surface area contributed by atoms with Crippen molar-refractivity contribution in [3.8, 4) is 5.75 Å². The number of hydrogen-bond donors (Lipinski definition) is 3. The second-order valence-corrected chi connectivity index (χ2v) is 12.4. The molecule has 7 nitrogen and oxygen atoms in total. The van der Waals surface area contributed by atoms with Crippen LogP contribution in [0.25, 0.3) is 6.08 Å². The Morgan fingerprint density at radius 2 is 1.34 bits per heavy atom. The first-order chi connectivity index (χ1) is 22.9. The van der Waals surface area contributed by atoms with Gasteiger partial charge in [0.1, 0.15) is 16.7 Å². The van der Waals surface area contributed by atoms with E-state index in [-0.39, 0.29) is 11.6 Å². The van der Waals surface area contributed by atoms with Gasteiger partial charge >= 0.3 is 0 Å². The topological polar surface area (TPSA) is 96.5 Å². The number of thioether (sulfide) groups is 1. The molecule has 236 valence electrons. The highest BCUT2D eigenvalue weighted by Gasteiger charge is 2.22. The van der Waals surface area contributed by atoms with Gasteiger partial charge in [-0.1, -0.05) is 76.6 Å². The van der Waals surface area contributed by atoms with E-state index in [2.05, 4.69) is 31.9 Å². The molecule has 5 rings (SSSR count). The number of carbonyl (C=O) groups excluding carboxylic acids is 3. The first kappa shape index (κ1) is 33.2. The minimum absolute atomic E-state index is 0.0789. The maximum Gasteiger partial charge on any atom is 0.272 e. The molecule has 3 amide bonds. The summed E-state index contributed by atoms with van der Waals surface area (Å²) < 4.78 is 6.45. The van der Waals surface area contributed by atoms with Crippen LogP contribution >= 0.6 is 27.7 Å². The third-order valence-corrected chi connectivity index (χ3v) is 8.64. The predicted octanol–water partition coefficient (Wildman–Crippen LogP) is 8.73. The molecular weight excluding hydrogens is 674 g/mol. The molecule has 1 unspecified atom stereocenters. The summed E-state index contributed by atoms with van der Waals surface area (Å²) in [6, 6.07) is 40.2. The standard InChI is InChI=1S/C38H32BrN3O4S/c1-2-46-32-21-13-26(14-22-32)25-34(42-36(43)28-11-7-4-8-12-28)37(44)40-31-19-23-33(24-20-31)47-35(27-9-5-3-6-10-27)38(45)41-30-17-15-29(39)16-18-30/h3-25,35H,2H2,1H3,(H,40,44)(H,41,45)(H,42,43)/b34-25-. The molecule has 0 bridgehead atoms. The first-order valence-electron chi connectivity index (χ1n) is 14.9. The molecule has 0 aliphatic carbocycles. The van der Waals surface area contributed by atoms with Gasteiger partial charge in [0.15, 0.2) is 0 Å². The number of halogens is 1. The van der Waals surface area contributed by atoms with E-state index in [1.165, 1.54) is 11.8 Å². The van der Waals surface area contributed by atoms with Crippen LogP contribution in [0.5, 0.6) is 5.75 Å². The Morgan fingerprint density at radius 3 is 1.98 bits per heavy atom. The lowest BCUT2D eigenvalue weighted by atomic mass is 10.1. The van der Waals surface area contributed by atoms with Gasteiger partial charge in [0, 0.05) is 26.3 Å². The van der Waals surface area contributed by atoms with Crippen LogP contribution in [0.15, 0.2) is 149 Å². The number of amides is 3. The Bertz CT molecular complexity index is 1830. The van der Waals surface area contributed by atoms with Crippen LogP contribution < -0.4 is 20.7 Å². The van der Waals surface area contributed by atoms with E-state index in [9.17, 15) is 14.4 Å². The molecule has 0 saturated heterocycles. The van der Waals surface area contributed by atoms with Crippen molar-refractivity contribution in [3.05, 3.63) is 160 Å². The van der Waals surface area contributed by atoms with E-state index in [0.29, 0.717) is 34.9 Å². The maximum atomic E-state index is 13.5. The van der Waals surface area contributed by atoms with Gasteiger partial charge in [0.25, 0.3) is 11.8 Å². The quantitative estimate of drug-likeness (QED) is 0.0891. The lowest BCUT2D eigenvalue weighted by Crippen LogP contribution is -2.30. The zero-order valence-corrected chi connectivity index (χ0v) is 27.9. The van der Waals surface area contributed by atoms with E-state index in [4.69, 9.17) is 4.74 Å². The number of benzene rings is 5. The van der Waals surface area contributed by atoms with Gasteiger partial charge in [0.2, 0.25) is 5.91 Å². The highest BCUT2D eigenvalue weighted by molar-refractivity contribution is 9.10. The number of ether oxygens (including phenoxy) is 1. The van der Waals surface area contributed by atoms with Crippen molar-refractivity contribution in [2.45, 2.75) is 17.1 Å². The molecule has 0 heterocycles. The van der Waals surface area contributed by atoms with E-state index < -0.39 is 17.1 Å². The van der Waals surface area contributed by atoms with Crippen LogP contribution in [0, 0.1) is 0 Å². The highest BCUT2D eigenvalue weighted by atomic mass is 79.9. The summed E-state index contributed by atoms with van der Waals surface area (Å²) in [5, 5.41) is 8.14. The number of anilines is 2. The minimum Gasteiger partial charge on any atom is -0.494 e. The molecule has 0 aromatic heterocycles. The van der Waals surface area contributed by atoms with Crippen molar-refractivity contribution in [1.29, 1.82) is 0 Å². The molecule has 0 saturated carbocycles. The van der Waals surface area contributed by atoms with Crippen molar-refractivity contribution in [2.75, 3.05) is 17.2 Å². The Hall–Kier alpha value is -5.12. The van der Waals surface area contributed by atoms with Crippen molar-refractivity contribution >= 4 is 62.9 Å². The van der Waals surface area contributed by atoms with Gasteiger partial charge in [0.05, 0.1) is 6.61 Å². The van der Waals surface area contributed by atoms with Crippen LogP contribution in [0.4, 0.5) is 11.4 Å². The van der Waals surface area contributed by atoms with Crippen LogP contribution in [0.3, 0.4) is 0 Å². The minimum atomic E-state index is -0.517. The molecule has 0 radical (unpaired) electrons. The van der Waals surface area contributed by atoms with Gasteiger partial charge in [-0.2, -0.15) is 0 Å². The first-order valence-corrected chi connectivity index (χ1v) is 16.6. The van der Waals surface area contributed by atoms with Crippen molar-refractivity contribution in [3.63, 3.8) is 0 Å². The summed E-state index contributed by atoms with van der Waals surface area (Å²) in [6.07, 6.45) is 1.62. The zero-order valence-electron chi connectivity index (χ0n) is 25.5. The monoisotopic (exact) mass is 705 g/mol. The number of hydrogen-bond acceptors (Lipinski definition) is 5. The fourth-order valence-electron chi connectivity index (χ4n) is 4.53. The number of nitrogens with one attached hydrogen (secondary N) is 3. The molecule has 9 heteroatoms. The molecule has 0 spiro atoms. The van der Waals surface area contributed by atoms with Crippen molar-refractivity contribution in [2.24, 2.45) is 0 Å². The summed E-state index contributed by atoms with van der Waals surface area (Å²) >= 11 is 4.83. The lowest BCUT2D eigenvalue weighted by molar-refractivity contribution is -0.116. The summed E-state index contributed by atoms with van der Waals surface area (Å²) in [5.41, 5.74) is 3.31. The highest BCUT2D eigenvalue weighted by Crippen LogP contribution is 2.37. The van der Waals surface area contributed by atoms with Gasteiger partial charge < -0.3 is 20.7 Å². The SMILES string of the molecule is CCOc1ccc(/C=C(\NC(=O)c2ccccc2)C(=O)Nc2ccc(SC(C(=O)Nc3ccc(Br)cc3)c3ccccc3)cc2)cc1. The molecule has 47 heavy (non-hydrogen) atoms. The average Bonchev–Trinajstić information content (AvgIpc) is 3.10. The molecule has 3 N–H and O–H groups in total. The Morgan fingerprint density at radius 1 is 0.745 bits per heavy atom. The fourth-order valence-corrected chi connectivity index (χ4v) is 5.82. The molecule has 0 aliphatic heterocycles. The van der Waals surface area contributed by atoms with Crippen molar-refractivity contribution < 1.29 is 19.1 Å². The molecule has 5 aromatic rings. The zero-order chi connectivity index (χ0) is 33.0. The van der Waals surface area contributed by atoms with Gasteiger partial charge in [-0.25, -0.2) is 0 Å². The largest absolute Gasteiger partial charge is 0.494 e. The van der Waals surface area contributed by atoms with Gasteiger partial charge in [-0.3, -0.25) is 14.4 Å². The van der Waals surface area contributed by atoms with E-state index in [1.807, 2.05) is 104 Å². The molecule has 5 aromatic carbocycles. The summed E-state index contributed by atoms with van der Waals surface area (Å²) in [6.45, 7) is 2.45. The van der Waals surface area contributed by atoms with Crippen LogP contribution in [-0.4, -0.2) is 24.3 Å². The molecule has 0 aliphatic rings. The third kappa shape index (κ3) is 9.68. The van der Waals surface area contributed by atoms with Crippen molar-refractivity contribution in [1.82, 2.24) is 5.32 Å². The summed E-state index contributed by atoms with van der Waals surface area (Å²) in [5.74, 6) is -0.334. The number of carbonyl (C=O) groups is 3. The van der Waals surface area contributed by atoms with E-state index in [1.54, 1.807) is 42.5 Å². The van der Waals surface area contributed by atoms with E-state index >= 15 is 0 Å². The molecule has 0 fully saturated rings. The van der Waals surface area contributed by atoms with Crippen LogP contribution in [-0.2, 0) is 9.59 Å². The Kier molecular flexibility index (Phi) is 11.6. The van der Waals surface area contributed by atoms with Gasteiger partial charge in [-0.05, 0) is 96.9 Å². The Balaban J connectivity index is 1.32. The van der Waals surface area contributed by atoms with E-state index in [0.717, 1.165) is 14.9 Å². The normalized spacial score (nSPS) is 11.7. The van der Waals surface area contributed by atoms with Crippen LogP contribution in [0.1, 0.15) is 33.7 Å². The molecular formula is C38H32BrN3O4S. The lowest BCUT2D eigenvalue weighted by Gasteiger charge is -2.17. The average molecular weight is 707 g/mol. The van der Waals surface area contributed by atoms with Crippen LogP contribution in [0.2, 0.25) is 0 Å². The maximum absolute atomic E-state index is 13.5. The smallest absolute Gasteiger partial charge is 0.272 e. The Labute approximate surface area is 286 Å². The fraction of sp³-hybridized carbons (Fsp3) is 0.0789. The second kappa shape index (κ2) is 16.4. The molecule has 1 atom stereocenters. The summed E-state index contributed by atoms with van der Waals surface area (Å²) in [4.78, 5) is 40.8. The number of rotatable bonds is 12. The summed E-state index contributed by atoms with van der Waals surface area (Å²) in [7, 11) is 0. The predicted molar refractivity (Wildman–Crippen MR) is 192 cm³/mol. The third-order valence-electron chi connectivity index (χ3n) is 6.85. The second-order valence-electron chi connectivity index (χ2n) is 10.3.